The van der Waals surface area contributed by atoms with Crippen LogP contribution in [0.25, 0.3) is 0 Å². The molecule has 0 bridgehead atoms. The quantitative estimate of drug-likeness (QED) is 0.778. The highest BCUT2D eigenvalue weighted by Crippen LogP contribution is 2.21. The lowest BCUT2D eigenvalue weighted by molar-refractivity contribution is -0.137. The third kappa shape index (κ3) is 4.92. The Morgan fingerprint density at radius 3 is 2.83 bits per heavy atom. The van der Waals surface area contributed by atoms with Crippen LogP contribution in [0.5, 0.6) is 0 Å². The Balaban J connectivity index is 1.90. The molecule has 0 radical (unpaired) electrons. The van der Waals surface area contributed by atoms with Crippen LogP contribution in [0.3, 0.4) is 0 Å². The van der Waals surface area contributed by atoms with Crippen LogP contribution >= 0.6 is 11.6 Å². The van der Waals surface area contributed by atoms with E-state index < -0.39 is 0 Å². The molecule has 0 saturated carbocycles. The number of carbonyl (C=O) groups excluding carboxylic acids is 2. The maximum Gasteiger partial charge on any atom is 0.246 e. The van der Waals surface area contributed by atoms with Crippen molar-refractivity contribution in [2.24, 2.45) is 0 Å². The van der Waals surface area contributed by atoms with Gasteiger partial charge in [-0.3, -0.25) is 14.5 Å². The van der Waals surface area contributed by atoms with Crippen LogP contribution in [-0.4, -0.2) is 75.1 Å². The van der Waals surface area contributed by atoms with E-state index in [0.29, 0.717) is 31.3 Å². The number of hydrogen-bond acceptors (Lipinski definition) is 4. The number of likely N-dealkylation sites (N-methyl/N-ethyl adjacent to an activating group) is 1. The van der Waals surface area contributed by atoms with Gasteiger partial charge >= 0.3 is 0 Å². The summed E-state index contributed by atoms with van der Waals surface area (Å²) in [5.74, 6) is -0.130. The van der Waals surface area contributed by atoms with Crippen molar-refractivity contribution in [1.29, 1.82) is 0 Å². The first-order chi connectivity index (χ1) is 11.0. The Morgan fingerprint density at radius 2 is 2.17 bits per heavy atom. The molecule has 0 atom stereocenters. The van der Waals surface area contributed by atoms with Gasteiger partial charge in [0, 0.05) is 37.5 Å². The van der Waals surface area contributed by atoms with Crippen LogP contribution in [0.15, 0.2) is 24.3 Å². The first-order valence-corrected chi connectivity index (χ1v) is 7.90. The van der Waals surface area contributed by atoms with Crippen molar-refractivity contribution < 1.29 is 14.3 Å². The summed E-state index contributed by atoms with van der Waals surface area (Å²) in [5, 5.41) is 0.591. The van der Waals surface area contributed by atoms with Gasteiger partial charge in [-0.05, 0) is 25.2 Å². The lowest BCUT2D eigenvalue weighted by Crippen LogP contribution is -2.54. The van der Waals surface area contributed by atoms with Crippen molar-refractivity contribution in [3.8, 4) is 0 Å². The van der Waals surface area contributed by atoms with Crippen molar-refractivity contribution >= 4 is 29.1 Å². The molecule has 6 nitrogen and oxygen atoms in total. The van der Waals surface area contributed by atoms with Crippen molar-refractivity contribution in [2.45, 2.75) is 0 Å². The van der Waals surface area contributed by atoms with E-state index in [1.54, 1.807) is 29.0 Å². The Bertz CT molecular complexity index is 567. The maximum atomic E-state index is 12.3. The number of methoxy groups -OCH3 is 1. The normalized spacial score (nSPS) is 15.4. The predicted molar refractivity (Wildman–Crippen MR) is 89.8 cm³/mol. The monoisotopic (exact) mass is 339 g/mol. The van der Waals surface area contributed by atoms with Gasteiger partial charge in [0.1, 0.15) is 6.54 Å². The van der Waals surface area contributed by atoms with Crippen LogP contribution in [-0.2, 0) is 14.3 Å². The summed E-state index contributed by atoms with van der Waals surface area (Å²) in [4.78, 5) is 29.8. The van der Waals surface area contributed by atoms with E-state index in [-0.39, 0.29) is 24.9 Å². The van der Waals surface area contributed by atoms with Crippen molar-refractivity contribution in [1.82, 2.24) is 9.80 Å². The molecule has 1 aromatic carbocycles. The van der Waals surface area contributed by atoms with Gasteiger partial charge in [0.2, 0.25) is 11.8 Å². The Labute approximate surface area is 141 Å². The fourth-order valence-corrected chi connectivity index (χ4v) is 2.64. The molecule has 0 aromatic heterocycles. The third-order valence-corrected chi connectivity index (χ3v) is 4.01. The van der Waals surface area contributed by atoms with Crippen LogP contribution < -0.4 is 4.90 Å². The number of amides is 2. The number of halogens is 1. The molecule has 1 saturated heterocycles. The molecule has 0 aliphatic carbocycles. The summed E-state index contributed by atoms with van der Waals surface area (Å²) >= 11 is 5.97. The number of hydrogen-bond donors (Lipinski definition) is 0. The number of ether oxygens (including phenoxy) is 1. The van der Waals surface area contributed by atoms with E-state index in [9.17, 15) is 9.59 Å². The van der Waals surface area contributed by atoms with E-state index in [1.165, 1.54) is 0 Å². The zero-order valence-electron chi connectivity index (χ0n) is 13.5. The van der Waals surface area contributed by atoms with Gasteiger partial charge in [-0.2, -0.15) is 0 Å². The summed E-state index contributed by atoms with van der Waals surface area (Å²) in [6, 6.07) is 7.19. The average molecular weight is 340 g/mol. The largest absolute Gasteiger partial charge is 0.383 e. The standard InChI is InChI=1S/C16H22ClN3O3/c1-18(8-9-23-2)11-15(21)19-6-7-20(16(22)12-19)14-5-3-4-13(17)10-14/h3-5,10H,6-9,11-12H2,1-2H3. The van der Waals surface area contributed by atoms with E-state index in [0.717, 1.165) is 5.69 Å². The van der Waals surface area contributed by atoms with Gasteiger partial charge in [-0.15, -0.1) is 0 Å². The van der Waals surface area contributed by atoms with Gasteiger partial charge in [0.05, 0.1) is 13.2 Å². The molecular weight excluding hydrogens is 318 g/mol. The van der Waals surface area contributed by atoms with Crippen LogP contribution in [0, 0.1) is 0 Å². The van der Waals surface area contributed by atoms with Gasteiger partial charge in [0.15, 0.2) is 0 Å². The van der Waals surface area contributed by atoms with Crippen molar-refractivity contribution in [2.75, 3.05) is 58.4 Å². The number of carbonyl (C=O) groups is 2. The number of nitrogens with zero attached hydrogens (tertiary/aromatic N) is 3. The molecule has 1 heterocycles. The second-order valence-electron chi connectivity index (χ2n) is 5.57. The SMILES string of the molecule is COCCN(C)CC(=O)N1CCN(c2cccc(Cl)c2)C(=O)C1. The van der Waals surface area contributed by atoms with Gasteiger partial charge in [-0.1, -0.05) is 17.7 Å². The first-order valence-electron chi connectivity index (χ1n) is 7.52. The fraction of sp³-hybridized carbons (Fsp3) is 0.500. The summed E-state index contributed by atoms with van der Waals surface area (Å²) in [6.07, 6.45) is 0. The smallest absolute Gasteiger partial charge is 0.246 e. The summed E-state index contributed by atoms with van der Waals surface area (Å²) in [6.45, 7) is 2.64. The fourth-order valence-electron chi connectivity index (χ4n) is 2.46. The van der Waals surface area contributed by atoms with Gasteiger partial charge in [-0.25, -0.2) is 0 Å². The van der Waals surface area contributed by atoms with Gasteiger partial charge < -0.3 is 14.5 Å². The van der Waals surface area contributed by atoms with Crippen molar-refractivity contribution in [3.63, 3.8) is 0 Å². The Morgan fingerprint density at radius 1 is 1.39 bits per heavy atom. The van der Waals surface area contributed by atoms with Crippen LogP contribution in [0.2, 0.25) is 5.02 Å². The topological polar surface area (TPSA) is 53.1 Å². The molecule has 1 aliphatic heterocycles. The highest BCUT2D eigenvalue weighted by molar-refractivity contribution is 6.30. The van der Waals surface area contributed by atoms with Crippen LogP contribution in [0.1, 0.15) is 0 Å². The zero-order valence-corrected chi connectivity index (χ0v) is 14.3. The molecule has 0 spiro atoms. The summed E-state index contributed by atoms with van der Waals surface area (Å²) in [5.41, 5.74) is 0.770. The number of piperazine rings is 1. The highest BCUT2D eigenvalue weighted by atomic mass is 35.5. The molecule has 23 heavy (non-hydrogen) atoms. The summed E-state index contributed by atoms with van der Waals surface area (Å²) in [7, 11) is 3.49. The molecule has 0 unspecified atom stereocenters. The van der Waals surface area contributed by atoms with Gasteiger partial charge in [0.25, 0.3) is 0 Å². The van der Waals surface area contributed by atoms with E-state index in [1.807, 2.05) is 24.1 Å². The Kier molecular flexibility index (Phi) is 6.38. The van der Waals surface area contributed by atoms with Crippen molar-refractivity contribution in [3.05, 3.63) is 29.3 Å². The Hall–Kier alpha value is -1.63. The van der Waals surface area contributed by atoms with E-state index in [4.69, 9.17) is 16.3 Å². The van der Waals surface area contributed by atoms with E-state index in [2.05, 4.69) is 0 Å². The number of benzene rings is 1. The van der Waals surface area contributed by atoms with E-state index >= 15 is 0 Å². The second-order valence-corrected chi connectivity index (χ2v) is 6.01. The second kappa shape index (κ2) is 8.29. The molecule has 2 rings (SSSR count). The molecule has 0 N–H and O–H groups in total. The molecule has 1 fully saturated rings. The average Bonchev–Trinajstić information content (AvgIpc) is 2.52. The minimum absolute atomic E-state index is 0.0392. The lowest BCUT2D eigenvalue weighted by Gasteiger charge is -2.35. The summed E-state index contributed by atoms with van der Waals surface area (Å²) < 4.78 is 4.99. The zero-order chi connectivity index (χ0) is 16.8. The lowest BCUT2D eigenvalue weighted by atomic mass is 10.2. The predicted octanol–water partition coefficient (Wildman–Crippen LogP) is 1.09. The molecule has 126 valence electrons. The van der Waals surface area contributed by atoms with Crippen LogP contribution in [0.4, 0.5) is 5.69 Å². The molecule has 1 aliphatic rings. The number of rotatable bonds is 6. The number of anilines is 1. The maximum absolute atomic E-state index is 12.3. The molecule has 2 amide bonds. The molecule has 7 heteroatoms. The third-order valence-electron chi connectivity index (χ3n) is 3.78. The minimum atomic E-state index is -0.0913. The minimum Gasteiger partial charge on any atom is -0.383 e. The molecular formula is C16H22ClN3O3. The first kappa shape index (κ1) is 17.7. The highest BCUT2D eigenvalue weighted by Gasteiger charge is 2.28. The molecule has 1 aromatic rings.